The van der Waals surface area contributed by atoms with Crippen LogP contribution in [0.2, 0.25) is 0 Å². The van der Waals surface area contributed by atoms with Crippen LogP contribution in [-0.2, 0) is 14.8 Å². The minimum absolute atomic E-state index is 0.0437. The number of hydrogen-bond donors (Lipinski definition) is 3. The average Bonchev–Trinajstić information content (AvgIpc) is 3.04. The predicted octanol–water partition coefficient (Wildman–Crippen LogP) is 0.293. The van der Waals surface area contributed by atoms with Gasteiger partial charge in [-0.3, -0.25) is 4.79 Å². The molecule has 1 aliphatic rings. The van der Waals surface area contributed by atoms with Crippen molar-refractivity contribution >= 4 is 33.7 Å². The molecule has 3 N–H and O–H groups in total. The van der Waals surface area contributed by atoms with E-state index in [2.05, 4.69) is 10.0 Å². The lowest BCUT2D eigenvalue weighted by atomic mass is 9.98. The molecule has 0 spiro atoms. The minimum atomic E-state index is -3.83. The second kappa shape index (κ2) is 6.99. The van der Waals surface area contributed by atoms with E-state index in [1.807, 2.05) is 0 Å². The number of carboxylic acid groups (broad SMARTS) is 1. The normalized spacial score (nSPS) is 20.6. The van der Waals surface area contributed by atoms with E-state index in [-0.39, 0.29) is 22.0 Å². The van der Waals surface area contributed by atoms with Gasteiger partial charge >= 0.3 is 5.97 Å². The van der Waals surface area contributed by atoms with E-state index in [9.17, 15) is 23.1 Å². The summed E-state index contributed by atoms with van der Waals surface area (Å²) in [5.41, 5.74) is -1.29. The fourth-order valence-corrected chi connectivity index (χ4v) is 4.56. The third kappa shape index (κ3) is 3.50. The van der Waals surface area contributed by atoms with E-state index in [1.54, 1.807) is 0 Å². The Bertz CT molecular complexity index is 757. The number of thioether (sulfide) groups is 1. The Kier molecular flexibility index (Phi) is 5.41. The Morgan fingerprint density at radius 3 is 2.58 bits per heavy atom. The molecule has 132 valence electrons. The van der Waals surface area contributed by atoms with E-state index >= 15 is 0 Å². The highest BCUT2D eigenvalue weighted by Crippen LogP contribution is 2.29. The zero-order valence-electron chi connectivity index (χ0n) is 13.2. The first kappa shape index (κ1) is 18.6. The van der Waals surface area contributed by atoms with Gasteiger partial charge in [-0.05, 0) is 37.4 Å². The molecule has 1 unspecified atom stereocenters. The van der Waals surface area contributed by atoms with Crippen molar-refractivity contribution in [1.82, 2.24) is 10.0 Å². The third-order valence-electron chi connectivity index (χ3n) is 3.77. The summed E-state index contributed by atoms with van der Waals surface area (Å²) >= 11 is 1.44. The van der Waals surface area contributed by atoms with E-state index in [4.69, 9.17) is 4.74 Å². The Morgan fingerprint density at radius 2 is 2.08 bits per heavy atom. The summed E-state index contributed by atoms with van der Waals surface area (Å²) in [5.74, 6) is -0.752. The number of methoxy groups -OCH3 is 1. The highest BCUT2D eigenvalue weighted by atomic mass is 32.2. The predicted molar refractivity (Wildman–Crippen MR) is 89.0 cm³/mol. The Morgan fingerprint density at radius 1 is 1.38 bits per heavy atom. The van der Waals surface area contributed by atoms with Crippen LogP contribution in [0.1, 0.15) is 16.8 Å². The van der Waals surface area contributed by atoms with Crippen LogP contribution in [0.25, 0.3) is 0 Å². The van der Waals surface area contributed by atoms with Crippen LogP contribution in [0.3, 0.4) is 0 Å². The molecule has 2 rings (SSSR count). The van der Waals surface area contributed by atoms with Gasteiger partial charge in [0.25, 0.3) is 5.91 Å². The van der Waals surface area contributed by atoms with E-state index in [1.165, 1.54) is 38.1 Å². The quantitative estimate of drug-likeness (QED) is 0.654. The van der Waals surface area contributed by atoms with Crippen LogP contribution in [0.5, 0.6) is 5.75 Å². The maximum atomic E-state index is 12.4. The van der Waals surface area contributed by atoms with Gasteiger partial charge in [-0.2, -0.15) is 11.8 Å². The number of carbonyl (C=O) groups is 2. The van der Waals surface area contributed by atoms with Crippen LogP contribution >= 0.6 is 11.8 Å². The second-order valence-corrected chi connectivity index (χ2v) is 8.18. The molecule has 1 saturated heterocycles. The van der Waals surface area contributed by atoms with Crippen molar-refractivity contribution in [3.05, 3.63) is 23.8 Å². The van der Waals surface area contributed by atoms with Gasteiger partial charge in [-0.1, -0.05) is 0 Å². The number of carboxylic acids is 1. The van der Waals surface area contributed by atoms with Crippen molar-refractivity contribution < 1.29 is 27.9 Å². The Labute approximate surface area is 144 Å². The lowest BCUT2D eigenvalue weighted by Crippen LogP contribution is -2.54. The zero-order valence-corrected chi connectivity index (χ0v) is 14.8. The summed E-state index contributed by atoms with van der Waals surface area (Å²) in [6.45, 7) is 0. The molecule has 1 fully saturated rings. The number of amides is 1. The number of carbonyl (C=O) groups excluding carboxylic acids is 1. The summed E-state index contributed by atoms with van der Waals surface area (Å²) in [5, 5.41) is 11.9. The molecule has 8 nitrogen and oxygen atoms in total. The van der Waals surface area contributed by atoms with E-state index in [0.717, 1.165) is 6.07 Å². The number of benzene rings is 1. The highest BCUT2D eigenvalue weighted by molar-refractivity contribution is 7.99. The number of hydrogen-bond acceptors (Lipinski definition) is 6. The molecule has 0 radical (unpaired) electrons. The molecule has 0 aliphatic carbocycles. The number of nitrogens with one attached hydrogen (secondary N) is 2. The second-order valence-electron chi connectivity index (χ2n) is 5.22. The maximum Gasteiger partial charge on any atom is 0.330 e. The molecule has 0 saturated carbocycles. The number of sulfonamides is 1. The summed E-state index contributed by atoms with van der Waals surface area (Å²) in [6.07, 6.45) is 0.316. The first-order chi connectivity index (χ1) is 11.3. The maximum absolute atomic E-state index is 12.4. The van der Waals surface area contributed by atoms with Crippen LogP contribution in [0.4, 0.5) is 0 Å². The molecule has 1 aromatic carbocycles. The van der Waals surface area contributed by atoms with Crippen LogP contribution < -0.4 is 14.8 Å². The Balaban J connectivity index is 2.37. The van der Waals surface area contributed by atoms with Gasteiger partial charge in [-0.25, -0.2) is 17.9 Å². The molecule has 0 bridgehead atoms. The molecule has 0 aromatic heterocycles. The summed E-state index contributed by atoms with van der Waals surface area (Å²) in [6, 6.07) is 3.91. The van der Waals surface area contributed by atoms with E-state index in [0.29, 0.717) is 12.2 Å². The largest absolute Gasteiger partial charge is 0.495 e. The summed E-state index contributed by atoms with van der Waals surface area (Å²) < 4.78 is 31.3. The fourth-order valence-electron chi connectivity index (χ4n) is 2.31. The van der Waals surface area contributed by atoms with Gasteiger partial charge in [0.1, 0.15) is 16.2 Å². The van der Waals surface area contributed by atoms with Gasteiger partial charge in [0.2, 0.25) is 10.0 Å². The topological polar surface area (TPSA) is 122 Å². The minimum Gasteiger partial charge on any atom is -0.495 e. The zero-order chi connectivity index (χ0) is 18.0. The summed E-state index contributed by atoms with van der Waals surface area (Å²) in [7, 11) is -1.27. The smallest absolute Gasteiger partial charge is 0.330 e. The average molecular weight is 374 g/mol. The van der Waals surface area contributed by atoms with Crippen LogP contribution in [0.15, 0.2) is 23.1 Å². The van der Waals surface area contributed by atoms with E-state index < -0.39 is 27.4 Å². The lowest BCUT2D eigenvalue weighted by molar-refractivity contribution is -0.143. The van der Waals surface area contributed by atoms with Gasteiger partial charge < -0.3 is 15.2 Å². The number of rotatable bonds is 6. The molecular formula is C14H18N2O6S2. The van der Waals surface area contributed by atoms with Crippen molar-refractivity contribution in [2.45, 2.75) is 16.9 Å². The van der Waals surface area contributed by atoms with Crippen LogP contribution in [-0.4, -0.2) is 56.6 Å². The monoisotopic (exact) mass is 374 g/mol. The van der Waals surface area contributed by atoms with Gasteiger partial charge in [-0.15, -0.1) is 0 Å². The number of ether oxygens (including phenoxy) is 1. The molecular weight excluding hydrogens is 356 g/mol. The molecule has 1 aromatic rings. The Hall–Kier alpha value is -1.78. The van der Waals surface area contributed by atoms with Crippen molar-refractivity contribution in [3.8, 4) is 5.75 Å². The SMILES string of the molecule is CNS(=O)(=O)c1cc(C(=O)NC2(C(=O)O)CCSC2)ccc1OC. The van der Waals surface area contributed by atoms with Gasteiger partial charge in [0, 0.05) is 11.3 Å². The molecule has 10 heteroatoms. The molecule has 1 aliphatic heterocycles. The van der Waals surface area contributed by atoms with Crippen LogP contribution in [0, 0.1) is 0 Å². The van der Waals surface area contributed by atoms with Gasteiger partial charge in [0.05, 0.1) is 7.11 Å². The van der Waals surface area contributed by atoms with Crippen molar-refractivity contribution in [2.24, 2.45) is 0 Å². The van der Waals surface area contributed by atoms with Crippen molar-refractivity contribution in [3.63, 3.8) is 0 Å². The molecule has 24 heavy (non-hydrogen) atoms. The number of aliphatic carboxylic acids is 1. The molecule has 1 amide bonds. The lowest BCUT2D eigenvalue weighted by Gasteiger charge is -2.24. The van der Waals surface area contributed by atoms with Crippen molar-refractivity contribution in [1.29, 1.82) is 0 Å². The van der Waals surface area contributed by atoms with Gasteiger partial charge in [0.15, 0.2) is 0 Å². The first-order valence-electron chi connectivity index (χ1n) is 7.01. The molecule has 1 atom stereocenters. The molecule has 1 heterocycles. The standard InChI is InChI=1S/C14H18N2O6S2/c1-15-24(20,21)11-7-9(3-4-10(11)22-2)12(17)16-14(13(18)19)5-6-23-8-14/h3-4,7,15H,5-6,8H2,1-2H3,(H,16,17)(H,18,19). The first-order valence-corrected chi connectivity index (χ1v) is 9.65. The summed E-state index contributed by atoms with van der Waals surface area (Å²) in [4.78, 5) is 23.8. The highest BCUT2D eigenvalue weighted by Gasteiger charge is 2.43. The third-order valence-corrected chi connectivity index (χ3v) is 6.39. The van der Waals surface area contributed by atoms with Crippen molar-refractivity contribution in [2.75, 3.05) is 25.7 Å². The fraction of sp³-hybridized carbons (Fsp3) is 0.429.